The first kappa shape index (κ1) is 17.8. The van der Waals surface area contributed by atoms with Gasteiger partial charge in [-0.15, -0.1) is 0 Å². The molecule has 1 unspecified atom stereocenters. The summed E-state index contributed by atoms with van der Waals surface area (Å²) in [5.41, 5.74) is 13.4. The highest BCUT2D eigenvalue weighted by Crippen LogP contribution is 2.38. The fraction of sp³-hybridized carbons (Fsp3) is 0.444. The zero-order valence-corrected chi connectivity index (χ0v) is 14.4. The van der Waals surface area contributed by atoms with Crippen LogP contribution in [-0.2, 0) is 9.53 Å². The van der Waals surface area contributed by atoms with Crippen molar-refractivity contribution in [2.45, 2.75) is 45.1 Å². The van der Waals surface area contributed by atoms with Gasteiger partial charge in [0.15, 0.2) is 0 Å². The molecule has 0 spiro atoms. The van der Waals surface area contributed by atoms with Crippen molar-refractivity contribution in [2.24, 2.45) is 10.7 Å². The van der Waals surface area contributed by atoms with Crippen LogP contribution in [0.4, 0.5) is 5.69 Å². The first-order valence-electron chi connectivity index (χ1n) is 7.98. The van der Waals surface area contributed by atoms with Gasteiger partial charge < -0.3 is 20.9 Å². The minimum absolute atomic E-state index is 0.197. The highest BCUT2D eigenvalue weighted by Gasteiger charge is 2.23. The number of hydrogen-bond donors (Lipinski definition) is 2. The van der Waals surface area contributed by atoms with E-state index in [2.05, 4.69) is 4.99 Å². The van der Waals surface area contributed by atoms with Crippen molar-refractivity contribution in [2.75, 3.05) is 12.3 Å². The lowest BCUT2D eigenvalue weighted by atomic mass is 9.89. The molecule has 2 rings (SSSR count). The fourth-order valence-corrected chi connectivity index (χ4v) is 2.58. The highest BCUT2D eigenvalue weighted by atomic mass is 16.6. The number of hydrogen-bond acceptors (Lipinski definition) is 6. The van der Waals surface area contributed by atoms with Gasteiger partial charge in [-0.3, -0.25) is 4.99 Å². The second-order valence-electron chi connectivity index (χ2n) is 6.79. The molecule has 0 saturated carbocycles. The standard InChI is InChI=1S/C18H25N3O3/c1-18(2,3)24-17(22)11-21-14(10-19)8-12-6-7-23-16-5-4-13(20)9-15(12)16/h4-5,9-12H,6-8,19-20H2,1-3H3/b14-10-,21-11-. The van der Waals surface area contributed by atoms with Crippen LogP contribution in [0.2, 0.25) is 0 Å². The fourth-order valence-electron chi connectivity index (χ4n) is 2.58. The summed E-state index contributed by atoms with van der Waals surface area (Å²) in [6.07, 6.45) is 4.04. The number of ether oxygens (including phenoxy) is 2. The lowest BCUT2D eigenvalue weighted by Gasteiger charge is -2.26. The predicted octanol–water partition coefficient (Wildman–Crippen LogP) is 2.74. The third-order valence-corrected chi connectivity index (χ3v) is 3.59. The van der Waals surface area contributed by atoms with Gasteiger partial charge in [-0.1, -0.05) is 0 Å². The molecule has 0 aliphatic carbocycles. The summed E-state index contributed by atoms with van der Waals surface area (Å²) < 4.78 is 10.9. The monoisotopic (exact) mass is 331 g/mol. The number of allylic oxidation sites excluding steroid dienone is 1. The van der Waals surface area contributed by atoms with E-state index in [0.717, 1.165) is 17.7 Å². The van der Waals surface area contributed by atoms with Gasteiger partial charge in [0, 0.05) is 11.9 Å². The van der Waals surface area contributed by atoms with E-state index >= 15 is 0 Å². The average Bonchev–Trinajstić information content (AvgIpc) is 2.50. The number of rotatable bonds is 4. The van der Waals surface area contributed by atoms with Crippen molar-refractivity contribution < 1.29 is 14.3 Å². The summed E-state index contributed by atoms with van der Waals surface area (Å²) >= 11 is 0. The van der Waals surface area contributed by atoms with Gasteiger partial charge in [0.25, 0.3) is 0 Å². The maximum absolute atomic E-state index is 11.7. The smallest absolute Gasteiger partial charge is 0.349 e. The summed E-state index contributed by atoms with van der Waals surface area (Å²) in [5.74, 6) is 0.550. The van der Waals surface area contributed by atoms with E-state index in [1.807, 2.05) is 39.0 Å². The second kappa shape index (κ2) is 7.38. The van der Waals surface area contributed by atoms with Crippen LogP contribution in [0, 0.1) is 0 Å². The van der Waals surface area contributed by atoms with Crippen molar-refractivity contribution in [3.05, 3.63) is 35.7 Å². The maximum atomic E-state index is 11.7. The van der Waals surface area contributed by atoms with Crippen LogP contribution in [0.3, 0.4) is 0 Å². The van der Waals surface area contributed by atoms with Gasteiger partial charge in [-0.05, 0) is 63.3 Å². The molecule has 1 aromatic rings. The molecule has 6 heteroatoms. The molecule has 1 aliphatic rings. The van der Waals surface area contributed by atoms with Crippen LogP contribution in [0.25, 0.3) is 0 Å². The lowest BCUT2D eigenvalue weighted by Crippen LogP contribution is -2.24. The second-order valence-corrected chi connectivity index (χ2v) is 6.79. The molecule has 0 fully saturated rings. The van der Waals surface area contributed by atoms with Crippen molar-refractivity contribution in [1.82, 2.24) is 0 Å². The van der Waals surface area contributed by atoms with Gasteiger partial charge in [0.1, 0.15) is 17.6 Å². The maximum Gasteiger partial charge on any atom is 0.349 e. The Morgan fingerprint density at radius 3 is 2.88 bits per heavy atom. The quantitative estimate of drug-likeness (QED) is 0.502. The molecule has 0 bridgehead atoms. The van der Waals surface area contributed by atoms with E-state index in [1.54, 1.807) is 0 Å². The first-order valence-corrected chi connectivity index (χ1v) is 7.98. The number of nitrogen functional groups attached to an aromatic ring is 1. The minimum Gasteiger partial charge on any atom is -0.493 e. The van der Waals surface area contributed by atoms with E-state index in [1.165, 1.54) is 12.4 Å². The molecule has 0 amide bonds. The Labute approximate surface area is 142 Å². The van der Waals surface area contributed by atoms with Crippen molar-refractivity contribution in [1.29, 1.82) is 0 Å². The third-order valence-electron chi connectivity index (χ3n) is 3.59. The number of benzene rings is 1. The molecule has 1 aromatic carbocycles. The Morgan fingerprint density at radius 1 is 1.46 bits per heavy atom. The molecule has 4 N–H and O–H groups in total. The number of esters is 1. The number of carbonyl (C=O) groups excluding carboxylic acids is 1. The van der Waals surface area contributed by atoms with Crippen LogP contribution in [0.15, 0.2) is 35.1 Å². The molecule has 0 radical (unpaired) electrons. The largest absolute Gasteiger partial charge is 0.493 e. The number of aliphatic imine (C=N–C) groups is 1. The summed E-state index contributed by atoms with van der Waals surface area (Å²) in [6.45, 7) is 6.06. The molecule has 6 nitrogen and oxygen atoms in total. The van der Waals surface area contributed by atoms with Gasteiger partial charge in [0.2, 0.25) is 0 Å². The third kappa shape index (κ3) is 5.01. The molecule has 1 aliphatic heterocycles. The van der Waals surface area contributed by atoms with E-state index in [-0.39, 0.29) is 5.92 Å². The van der Waals surface area contributed by atoms with Crippen molar-refractivity contribution >= 4 is 17.9 Å². The Hall–Kier alpha value is -2.50. The zero-order valence-electron chi connectivity index (χ0n) is 14.4. The first-order chi connectivity index (χ1) is 11.3. The summed E-state index contributed by atoms with van der Waals surface area (Å²) in [7, 11) is 0. The number of fused-ring (bicyclic) bond motifs is 1. The average molecular weight is 331 g/mol. The minimum atomic E-state index is -0.549. The molecule has 1 heterocycles. The van der Waals surface area contributed by atoms with E-state index in [9.17, 15) is 4.79 Å². The van der Waals surface area contributed by atoms with Crippen LogP contribution in [-0.4, -0.2) is 24.4 Å². The molecule has 0 aromatic heterocycles. The predicted molar refractivity (Wildman–Crippen MR) is 94.9 cm³/mol. The molecular weight excluding hydrogens is 306 g/mol. The van der Waals surface area contributed by atoms with Crippen LogP contribution < -0.4 is 16.2 Å². The molecule has 1 atom stereocenters. The summed E-state index contributed by atoms with van der Waals surface area (Å²) in [5, 5.41) is 0. The van der Waals surface area contributed by atoms with Crippen molar-refractivity contribution in [3.8, 4) is 5.75 Å². The Morgan fingerprint density at radius 2 is 2.21 bits per heavy atom. The van der Waals surface area contributed by atoms with E-state index < -0.39 is 11.6 Å². The van der Waals surface area contributed by atoms with Crippen LogP contribution >= 0.6 is 0 Å². The number of carbonyl (C=O) groups is 1. The highest BCUT2D eigenvalue weighted by molar-refractivity contribution is 6.23. The number of nitrogens with zero attached hydrogens (tertiary/aromatic N) is 1. The summed E-state index contributed by atoms with van der Waals surface area (Å²) in [6, 6.07) is 5.62. The van der Waals surface area contributed by atoms with Gasteiger partial charge in [-0.25, -0.2) is 4.79 Å². The topological polar surface area (TPSA) is 99.9 Å². The normalized spacial score (nSPS) is 18.1. The number of nitrogens with two attached hydrogens (primary N) is 2. The Bertz CT molecular complexity index is 660. The van der Waals surface area contributed by atoms with E-state index in [4.69, 9.17) is 20.9 Å². The lowest BCUT2D eigenvalue weighted by molar-refractivity contribution is -0.145. The van der Waals surface area contributed by atoms with Crippen LogP contribution in [0.5, 0.6) is 5.75 Å². The zero-order chi connectivity index (χ0) is 17.7. The van der Waals surface area contributed by atoms with Gasteiger partial charge in [-0.2, -0.15) is 0 Å². The number of anilines is 1. The molecule has 24 heavy (non-hydrogen) atoms. The molecular formula is C18H25N3O3. The molecule has 0 saturated heterocycles. The Kier molecular flexibility index (Phi) is 5.49. The Balaban J connectivity index is 2.07. The van der Waals surface area contributed by atoms with Gasteiger partial charge in [0.05, 0.1) is 12.3 Å². The van der Waals surface area contributed by atoms with Crippen LogP contribution in [0.1, 0.15) is 45.1 Å². The van der Waals surface area contributed by atoms with Gasteiger partial charge >= 0.3 is 5.97 Å². The SMILES string of the molecule is CC(C)(C)OC(=O)/C=N\C(=C/N)CC1CCOc2ccc(N)cc21. The van der Waals surface area contributed by atoms with E-state index in [0.29, 0.717) is 24.4 Å². The summed E-state index contributed by atoms with van der Waals surface area (Å²) in [4.78, 5) is 15.9. The molecule has 130 valence electrons. The van der Waals surface area contributed by atoms with Crippen molar-refractivity contribution in [3.63, 3.8) is 0 Å².